The number of nitrogens with zero attached hydrogens (tertiary/aromatic N) is 1. The number of ketones is 2. The first-order valence-corrected chi connectivity index (χ1v) is 6.98. The molecule has 108 valence electrons. The monoisotopic (exact) mass is 275 g/mol. The van der Waals surface area contributed by atoms with Crippen molar-refractivity contribution in [3.8, 4) is 0 Å². The molecule has 0 aliphatic carbocycles. The van der Waals surface area contributed by atoms with Crippen molar-refractivity contribution in [2.45, 2.75) is 39.0 Å². The highest BCUT2D eigenvalue weighted by Crippen LogP contribution is 2.12. The Morgan fingerprint density at radius 2 is 1.65 bits per heavy atom. The molecule has 1 aromatic rings. The highest BCUT2D eigenvalue weighted by molar-refractivity contribution is 6.65. The number of anilines is 1. The molecule has 0 spiro atoms. The minimum Gasteiger partial charge on any atom is -0.308 e. The summed E-state index contributed by atoms with van der Waals surface area (Å²) in [6.07, 6.45) is 3.85. The Bertz CT molecular complexity index is 468. The molecule has 0 heterocycles. The quantitative estimate of drug-likeness (QED) is 0.416. The van der Waals surface area contributed by atoms with E-state index < -0.39 is 17.5 Å². The topological polar surface area (TPSA) is 54.5 Å². The number of Topliss-reactive ketones (excluding diaryl/α,β-unsaturated/α-hetero) is 2. The molecule has 0 saturated carbocycles. The van der Waals surface area contributed by atoms with Crippen LogP contribution in [0.5, 0.6) is 0 Å². The van der Waals surface area contributed by atoms with Crippen molar-refractivity contribution < 1.29 is 14.4 Å². The van der Waals surface area contributed by atoms with E-state index in [1.807, 2.05) is 6.07 Å². The summed E-state index contributed by atoms with van der Waals surface area (Å²) < 4.78 is 0. The lowest BCUT2D eigenvalue weighted by atomic mass is 10.1. The molecule has 0 N–H and O–H groups in total. The third-order valence-corrected chi connectivity index (χ3v) is 3.15. The first-order valence-electron chi connectivity index (χ1n) is 6.98. The zero-order chi connectivity index (χ0) is 15.0. The van der Waals surface area contributed by atoms with Gasteiger partial charge in [0.2, 0.25) is 5.78 Å². The molecule has 0 fully saturated rings. The predicted octanol–water partition coefficient (Wildman–Crippen LogP) is 2.76. The standard InChI is InChI=1S/C16H21NO3/c1-3-4-5-9-12-14(18)15(19)16(20)17(2)13-10-7-6-8-11-13/h6-8,10-11H,3-5,9,12H2,1-2H3. The number of benzene rings is 1. The number of unbranched alkanes of at least 4 members (excludes halogenated alkanes) is 3. The average Bonchev–Trinajstić information content (AvgIpc) is 2.50. The van der Waals surface area contributed by atoms with Crippen LogP contribution in [-0.4, -0.2) is 24.5 Å². The second kappa shape index (κ2) is 8.25. The maximum atomic E-state index is 11.9. The average molecular weight is 275 g/mol. The van der Waals surface area contributed by atoms with E-state index in [0.29, 0.717) is 12.1 Å². The second-order valence-electron chi connectivity index (χ2n) is 4.76. The summed E-state index contributed by atoms with van der Waals surface area (Å²) >= 11 is 0. The molecule has 1 rings (SSSR count). The van der Waals surface area contributed by atoms with Gasteiger partial charge in [-0.2, -0.15) is 0 Å². The minimum absolute atomic E-state index is 0.160. The van der Waals surface area contributed by atoms with Crippen molar-refractivity contribution in [1.29, 1.82) is 0 Å². The van der Waals surface area contributed by atoms with Gasteiger partial charge in [0.25, 0.3) is 5.78 Å². The summed E-state index contributed by atoms with van der Waals surface area (Å²) in [6.45, 7) is 2.07. The molecule has 0 radical (unpaired) electrons. The summed E-state index contributed by atoms with van der Waals surface area (Å²) in [4.78, 5) is 36.6. The number of carbonyl (C=O) groups excluding carboxylic acids is 3. The van der Waals surface area contributed by atoms with Gasteiger partial charge in [-0.05, 0) is 18.6 Å². The molecule has 0 atom stereocenters. The van der Waals surface area contributed by atoms with Gasteiger partial charge in [-0.25, -0.2) is 0 Å². The van der Waals surface area contributed by atoms with Crippen LogP contribution in [0.15, 0.2) is 30.3 Å². The Morgan fingerprint density at radius 1 is 1.00 bits per heavy atom. The molecule has 0 aliphatic rings. The van der Waals surface area contributed by atoms with Crippen molar-refractivity contribution in [3.63, 3.8) is 0 Å². The van der Waals surface area contributed by atoms with Crippen LogP contribution in [0.25, 0.3) is 0 Å². The van der Waals surface area contributed by atoms with E-state index >= 15 is 0 Å². The van der Waals surface area contributed by atoms with Crippen molar-refractivity contribution in [3.05, 3.63) is 30.3 Å². The summed E-state index contributed by atoms with van der Waals surface area (Å²) in [5, 5.41) is 0. The van der Waals surface area contributed by atoms with E-state index in [-0.39, 0.29) is 6.42 Å². The summed E-state index contributed by atoms with van der Waals surface area (Å²) in [6, 6.07) is 8.81. The van der Waals surface area contributed by atoms with E-state index in [4.69, 9.17) is 0 Å². The van der Waals surface area contributed by atoms with Gasteiger partial charge in [-0.1, -0.05) is 44.4 Å². The Kier molecular flexibility index (Phi) is 6.64. The molecule has 0 bridgehead atoms. The molecule has 4 nitrogen and oxygen atoms in total. The van der Waals surface area contributed by atoms with Crippen LogP contribution >= 0.6 is 0 Å². The van der Waals surface area contributed by atoms with Gasteiger partial charge in [-0.3, -0.25) is 14.4 Å². The molecule has 0 saturated heterocycles. The molecule has 1 amide bonds. The Balaban J connectivity index is 2.54. The maximum Gasteiger partial charge on any atom is 0.302 e. The zero-order valence-electron chi connectivity index (χ0n) is 12.1. The van der Waals surface area contributed by atoms with Crippen LogP contribution in [0.3, 0.4) is 0 Å². The number of amides is 1. The van der Waals surface area contributed by atoms with Crippen molar-refractivity contribution in [2.24, 2.45) is 0 Å². The van der Waals surface area contributed by atoms with Gasteiger partial charge in [0, 0.05) is 19.2 Å². The fourth-order valence-corrected chi connectivity index (χ4v) is 1.87. The molecule has 1 aromatic carbocycles. The summed E-state index contributed by atoms with van der Waals surface area (Å²) in [5.74, 6) is -2.28. The molecule has 0 unspecified atom stereocenters. The molecule has 0 aliphatic heterocycles. The van der Waals surface area contributed by atoms with E-state index in [1.165, 1.54) is 11.9 Å². The number of para-hydroxylation sites is 1. The fraction of sp³-hybridized carbons (Fsp3) is 0.438. The van der Waals surface area contributed by atoms with Crippen molar-refractivity contribution in [1.82, 2.24) is 0 Å². The molecule has 0 aromatic heterocycles. The molecule has 4 heteroatoms. The highest BCUT2D eigenvalue weighted by atomic mass is 16.2. The molecular formula is C16H21NO3. The lowest BCUT2D eigenvalue weighted by Crippen LogP contribution is -2.37. The summed E-state index contributed by atoms with van der Waals surface area (Å²) in [7, 11) is 1.50. The Labute approximate surface area is 119 Å². The van der Waals surface area contributed by atoms with Crippen LogP contribution in [0.2, 0.25) is 0 Å². The van der Waals surface area contributed by atoms with Crippen LogP contribution in [0.4, 0.5) is 5.69 Å². The van der Waals surface area contributed by atoms with Gasteiger partial charge >= 0.3 is 5.91 Å². The lowest BCUT2D eigenvalue weighted by molar-refractivity contribution is -0.143. The normalized spacial score (nSPS) is 10.1. The lowest BCUT2D eigenvalue weighted by Gasteiger charge is -2.15. The van der Waals surface area contributed by atoms with Gasteiger partial charge < -0.3 is 4.90 Å². The van der Waals surface area contributed by atoms with E-state index in [9.17, 15) is 14.4 Å². The number of likely N-dealkylation sites (N-methyl/N-ethyl adjacent to an activating group) is 1. The van der Waals surface area contributed by atoms with E-state index in [0.717, 1.165) is 19.3 Å². The van der Waals surface area contributed by atoms with Crippen LogP contribution in [0.1, 0.15) is 39.0 Å². The number of hydrogen-bond acceptors (Lipinski definition) is 3. The van der Waals surface area contributed by atoms with Gasteiger partial charge in [0.15, 0.2) is 0 Å². The zero-order valence-corrected chi connectivity index (χ0v) is 12.1. The van der Waals surface area contributed by atoms with E-state index in [1.54, 1.807) is 24.3 Å². The summed E-state index contributed by atoms with van der Waals surface area (Å²) in [5.41, 5.74) is 0.602. The number of rotatable bonds is 8. The third kappa shape index (κ3) is 4.61. The Hall–Kier alpha value is -1.97. The van der Waals surface area contributed by atoms with Crippen molar-refractivity contribution in [2.75, 3.05) is 11.9 Å². The SMILES string of the molecule is CCCCCCC(=O)C(=O)C(=O)N(C)c1ccccc1. The number of hydrogen-bond donors (Lipinski definition) is 0. The van der Waals surface area contributed by atoms with Gasteiger partial charge in [0.05, 0.1) is 0 Å². The van der Waals surface area contributed by atoms with Gasteiger partial charge in [0.1, 0.15) is 0 Å². The second-order valence-corrected chi connectivity index (χ2v) is 4.76. The third-order valence-electron chi connectivity index (χ3n) is 3.15. The fourth-order valence-electron chi connectivity index (χ4n) is 1.87. The molecular weight excluding hydrogens is 254 g/mol. The first kappa shape index (κ1) is 16.1. The van der Waals surface area contributed by atoms with Crippen LogP contribution < -0.4 is 4.90 Å². The van der Waals surface area contributed by atoms with Crippen molar-refractivity contribution >= 4 is 23.2 Å². The van der Waals surface area contributed by atoms with Crippen LogP contribution in [-0.2, 0) is 14.4 Å². The first-order chi connectivity index (χ1) is 9.57. The Morgan fingerprint density at radius 3 is 2.25 bits per heavy atom. The minimum atomic E-state index is -0.923. The highest BCUT2D eigenvalue weighted by Gasteiger charge is 2.25. The maximum absolute atomic E-state index is 11.9. The van der Waals surface area contributed by atoms with Gasteiger partial charge in [-0.15, -0.1) is 0 Å². The largest absolute Gasteiger partial charge is 0.308 e. The molecule has 20 heavy (non-hydrogen) atoms. The van der Waals surface area contributed by atoms with E-state index in [2.05, 4.69) is 6.92 Å². The number of carbonyl (C=O) groups is 3. The van der Waals surface area contributed by atoms with Crippen LogP contribution in [0, 0.1) is 0 Å². The smallest absolute Gasteiger partial charge is 0.302 e. The predicted molar refractivity (Wildman–Crippen MR) is 78.6 cm³/mol.